The first-order chi connectivity index (χ1) is 11.4. The van der Waals surface area contributed by atoms with Gasteiger partial charge in [0.05, 0.1) is 5.69 Å². The molecule has 24 heavy (non-hydrogen) atoms. The number of nitrogens with zero attached hydrogens (tertiary/aromatic N) is 1. The summed E-state index contributed by atoms with van der Waals surface area (Å²) in [6.07, 6.45) is 1.64. The molecule has 0 bridgehead atoms. The summed E-state index contributed by atoms with van der Waals surface area (Å²) in [5.41, 5.74) is 1.93. The molecule has 0 unspecified atom stereocenters. The van der Waals surface area contributed by atoms with Gasteiger partial charge in [0.25, 0.3) is 0 Å². The van der Waals surface area contributed by atoms with Crippen LogP contribution in [0, 0.1) is 18.8 Å². The number of hydrogen-bond acceptors (Lipinski definition) is 4. The van der Waals surface area contributed by atoms with Crippen molar-refractivity contribution in [3.05, 3.63) is 33.6 Å². The maximum atomic E-state index is 12.5. The number of carbonyl (C=O) groups is 2. The minimum absolute atomic E-state index is 0.0221. The fourth-order valence-electron chi connectivity index (χ4n) is 3.12. The lowest BCUT2D eigenvalue weighted by Crippen LogP contribution is -2.33. The highest BCUT2D eigenvalue weighted by Gasteiger charge is 2.31. The number of hydrogen-bond donors (Lipinski definition) is 1. The molecule has 1 amide bonds. The molecular weight excluding hydrogens is 388 g/mol. The third kappa shape index (κ3) is 3.75. The van der Waals surface area contributed by atoms with Crippen molar-refractivity contribution in [1.82, 2.24) is 4.98 Å². The number of thiazole rings is 1. The van der Waals surface area contributed by atoms with Crippen LogP contribution in [0.15, 0.2) is 28.7 Å². The van der Waals surface area contributed by atoms with Gasteiger partial charge in [0.1, 0.15) is 5.78 Å². The van der Waals surface area contributed by atoms with Gasteiger partial charge in [-0.3, -0.25) is 9.59 Å². The lowest BCUT2D eigenvalue weighted by atomic mass is 9.79. The quantitative estimate of drug-likeness (QED) is 0.793. The predicted octanol–water partition coefficient (Wildman–Crippen LogP) is 4.82. The molecule has 1 heterocycles. The van der Waals surface area contributed by atoms with Crippen LogP contribution in [0.3, 0.4) is 0 Å². The molecule has 1 aliphatic carbocycles. The number of halogens is 1. The van der Waals surface area contributed by atoms with Crippen molar-refractivity contribution in [2.24, 2.45) is 11.8 Å². The highest BCUT2D eigenvalue weighted by atomic mass is 79.9. The van der Waals surface area contributed by atoms with Crippen LogP contribution in [-0.2, 0) is 9.59 Å². The van der Waals surface area contributed by atoms with Crippen molar-refractivity contribution in [2.75, 3.05) is 5.32 Å². The molecule has 0 saturated heterocycles. The Bertz CT molecular complexity index is 770. The smallest absolute Gasteiger partial charge is 0.229 e. The monoisotopic (exact) mass is 406 g/mol. The van der Waals surface area contributed by atoms with Gasteiger partial charge in [-0.1, -0.05) is 35.0 Å². The zero-order valence-electron chi connectivity index (χ0n) is 13.6. The van der Waals surface area contributed by atoms with Crippen molar-refractivity contribution < 1.29 is 9.59 Å². The molecule has 2 atom stereocenters. The van der Waals surface area contributed by atoms with Crippen molar-refractivity contribution >= 4 is 44.1 Å². The van der Waals surface area contributed by atoms with E-state index in [0.717, 1.165) is 20.6 Å². The van der Waals surface area contributed by atoms with Crippen LogP contribution < -0.4 is 5.32 Å². The minimum atomic E-state index is -0.108. The van der Waals surface area contributed by atoms with Crippen LogP contribution in [0.4, 0.5) is 5.13 Å². The highest BCUT2D eigenvalue weighted by Crippen LogP contribution is 2.33. The molecule has 0 radical (unpaired) electrons. The van der Waals surface area contributed by atoms with Gasteiger partial charge < -0.3 is 5.32 Å². The average molecular weight is 407 g/mol. The third-order valence-electron chi connectivity index (χ3n) is 4.45. The molecular formula is C18H19BrN2O2S. The lowest BCUT2D eigenvalue weighted by Gasteiger charge is -2.26. The zero-order chi connectivity index (χ0) is 17.3. The van der Waals surface area contributed by atoms with Gasteiger partial charge in [0.15, 0.2) is 5.13 Å². The van der Waals surface area contributed by atoms with Crippen LogP contribution >= 0.6 is 27.3 Å². The predicted molar refractivity (Wildman–Crippen MR) is 100 cm³/mol. The first-order valence-electron chi connectivity index (χ1n) is 8.00. The van der Waals surface area contributed by atoms with Crippen LogP contribution in [-0.4, -0.2) is 16.7 Å². The van der Waals surface area contributed by atoms with Crippen molar-refractivity contribution in [3.8, 4) is 11.3 Å². The molecule has 1 N–H and O–H groups in total. The standard InChI is InChI=1S/C18H19BrN2O2S/c1-10-9-14(22)7-8-15(10)17(23)21-18-20-16(11(2)24-18)12-3-5-13(19)6-4-12/h3-6,10,15H,7-9H2,1-2H3,(H,20,21,23)/t10-,15-/m0/s1. The van der Waals surface area contributed by atoms with E-state index in [9.17, 15) is 9.59 Å². The molecule has 1 aromatic heterocycles. The van der Waals surface area contributed by atoms with E-state index in [2.05, 4.69) is 26.2 Å². The van der Waals surface area contributed by atoms with Crippen LogP contribution in [0.25, 0.3) is 11.3 Å². The second-order valence-electron chi connectivity index (χ2n) is 6.29. The summed E-state index contributed by atoms with van der Waals surface area (Å²) >= 11 is 4.92. The topological polar surface area (TPSA) is 59.1 Å². The van der Waals surface area contributed by atoms with Gasteiger partial charge in [-0.15, -0.1) is 11.3 Å². The van der Waals surface area contributed by atoms with Crippen LogP contribution in [0.5, 0.6) is 0 Å². The Morgan fingerprint density at radius 1 is 1.33 bits per heavy atom. The van der Waals surface area contributed by atoms with E-state index in [1.54, 1.807) is 0 Å². The Balaban J connectivity index is 1.74. The number of nitrogens with one attached hydrogen (secondary N) is 1. The molecule has 0 aliphatic heterocycles. The van der Waals surface area contributed by atoms with E-state index < -0.39 is 0 Å². The summed E-state index contributed by atoms with van der Waals surface area (Å²) in [7, 11) is 0. The summed E-state index contributed by atoms with van der Waals surface area (Å²) in [5, 5.41) is 3.57. The van der Waals surface area contributed by atoms with Gasteiger partial charge >= 0.3 is 0 Å². The average Bonchev–Trinajstić information content (AvgIpc) is 2.88. The number of amides is 1. The van der Waals surface area contributed by atoms with Crippen molar-refractivity contribution in [1.29, 1.82) is 0 Å². The molecule has 1 aliphatic rings. The maximum Gasteiger partial charge on any atom is 0.229 e. The molecule has 1 fully saturated rings. The van der Waals surface area contributed by atoms with E-state index >= 15 is 0 Å². The van der Waals surface area contributed by atoms with Gasteiger partial charge in [-0.25, -0.2) is 4.98 Å². The van der Waals surface area contributed by atoms with E-state index in [1.165, 1.54) is 11.3 Å². The number of benzene rings is 1. The fourth-order valence-corrected chi connectivity index (χ4v) is 4.22. The SMILES string of the molecule is Cc1sc(NC(=O)[C@H]2CCC(=O)C[C@@H]2C)nc1-c1ccc(Br)cc1. The Labute approximate surface area is 153 Å². The number of carbonyl (C=O) groups excluding carboxylic acids is 2. The van der Waals surface area contributed by atoms with Gasteiger partial charge in [-0.05, 0) is 31.4 Å². The summed E-state index contributed by atoms with van der Waals surface area (Å²) in [6, 6.07) is 7.97. The molecule has 6 heteroatoms. The first-order valence-corrected chi connectivity index (χ1v) is 9.61. The first kappa shape index (κ1) is 17.3. The molecule has 0 spiro atoms. The molecule has 1 saturated carbocycles. The van der Waals surface area contributed by atoms with Crippen LogP contribution in [0.2, 0.25) is 0 Å². The van der Waals surface area contributed by atoms with E-state index in [-0.39, 0.29) is 23.5 Å². The molecule has 1 aromatic carbocycles. The summed E-state index contributed by atoms with van der Waals surface area (Å²) in [6.45, 7) is 3.98. The second-order valence-corrected chi connectivity index (χ2v) is 8.40. The van der Waals surface area contributed by atoms with Gasteiger partial charge in [0.2, 0.25) is 5.91 Å². The Morgan fingerprint density at radius 2 is 2.04 bits per heavy atom. The number of anilines is 1. The van der Waals surface area contributed by atoms with Crippen molar-refractivity contribution in [2.45, 2.75) is 33.1 Å². The number of aromatic nitrogens is 1. The van der Waals surface area contributed by atoms with E-state index in [1.807, 2.05) is 38.1 Å². The van der Waals surface area contributed by atoms with E-state index in [4.69, 9.17) is 0 Å². The lowest BCUT2D eigenvalue weighted by molar-refractivity contribution is -0.127. The van der Waals surface area contributed by atoms with Gasteiger partial charge in [0, 0.05) is 33.7 Å². The van der Waals surface area contributed by atoms with Crippen LogP contribution in [0.1, 0.15) is 31.1 Å². The minimum Gasteiger partial charge on any atom is -0.302 e. The maximum absolute atomic E-state index is 12.5. The Morgan fingerprint density at radius 3 is 2.71 bits per heavy atom. The number of ketones is 1. The highest BCUT2D eigenvalue weighted by molar-refractivity contribution is 9.10. The number of rotatable bonds is 3. The zero-order valence-corrected chi connectivity index (χ0v) is 16.0. The summed E-state index contributed by atoms with van der Waals surface area (Å²) < 4.78 is 1.02. The summed E-state index contributed by atoms with van der Waals surface area (Å²) in [5.74, 6) is 0.224. The molecule has 4 nitrogen and oxygen atoms in total. The molecule has 3 rings (SSSR count). The van der Waals surface area contributed by atoms with E-state index in [0.29, 0.717) is 24.4 Å². The molecule has 2 aromatic rings. The van der Waals surface area contributed by atoms with Crippen molar-refractivity contribution in [3.63, 3.8) is 0 Å². The Kier molecular flexibility index (Phi) is 5.15. The number of Topliss-reactive ketones (excluding diaryl/α,β-unsaturated/α-hetero) is 1. The summed E-state index contributed by atoms with van der Waals surface area (Å²) in [4.78, 5) is 29.7. The second kappa shape index (κ2) is 7.15. The molecule has 126 valence electrons. The Hall–Kier alpha value is -1.53. The third-order valence-corrected chi connectivity index (χ3v) is 5.87. The van der Waals surface area contributed by atoms with Gasteiger partial charge in [-0.2, -0.15) is 0 Å². The largest absolute Gasteiger partial charge is 0.302 e. The normalized spacial score (nSPS) is 20.9. The fraction of sp³-hybridized carbons (Fsp3) is 0.389. The number of aryl methyl sites for hydroxylation is 1.